The van der Waals surface area contributed by atoms with Gasteiger partial charge in [0.05, 0.1) is 12.7 Å². The Kier molecular flexibility index (Phi) is 5.15. The van der Waals surface area contributed by atoms with Crippen molar-refractivity contribution in [3.05, 3.63) is 28.2 Å². The van der Waals surface area contributed by atoms with Crippen LogP contribution in [0.3, 0.4) is 0 Å². The molecule has 92 valence electrons. The standard InChI is InChI=1S/C12H13BrO4/c1-17-11-6-5-8(13)7-9(11)10(14)3-2-4-12(15)16/h5-7H,2-4H2,1H3,(H,15,16). The third-order valence-electron chi connectivity index (χ3n) is 2.26. The summed E-state index contributed by atoms with van der Waals surface area (Å²) in [4.78, 5) is 22.2. The van der Waals surface area contributed by atoms with E-state index in [-0.39, 0.29) is 18.6 Å². The Hall–Kier alpha value is -1.36. The molecule has 0 saturated heterocycles. The molecule has 1 rings (SSSR count). The van der Waals surface area contributed by atoms with E-state index in [1.165, 1.54) is 7.11 Å². The summed E-state index contributed by atoms with van der Waals surface area (Å²) in [5, 5.41) is 8.50. The number of hydrogen-bond acceptors (Lipinski definition) is 3. The average molecular weight is 301 g/mol. The highest BCUT2D eigenvalue weighted by atomic mass is 79.9. The van der Waals surface area contributed by atoms with Gasteiger partial charge in [0.25, 0.3) is 0 Å². The van der Waals surface area contributed by atoms with Gasteiger partial charge in [-0.05, 0) is 24.6 Å². The first-order chi connectivity index (χ1) is 8.04. The minimum absolute atomic E-state index is 0.00204. The van der Waals surface area contributed by atoms with Gasteiger partial charge in [0, 0.05) is 17.3 Å². The Balaban J connectivity index is 2.73. The van der Waals surface area contributed by atoms with Crippen molar-refractivity contribution in [2.24, 2.45) is 0 Å². The van der Waals surface area contributed by atoms with Crippen LogP contribution in [0.15, 0.2) is 22.7 Å². The van der Waals surface area contributed by atoms with Gasteiger partial charge in [-0.1, -0.05) is 15.9 Å². The Morgan fingerprint density at radius 2 is 2.06 bits per heavy atom. The third kappa shape index (κ3) is 4.19. The lowest BCUT2D eigenvalue weighted by molar-refractivity contribution is -0.137. The molecule has 0 bridgehead atoms. The van der Waals surface area contributed by atoms with Gasteiger partial charge in [-0.3, -0.25) is 9.59 Å². The Morgan fingerprint density at radius 1 is 1.35 bits per heavy atom. The van der Waals surface area contributed by atoms with Crippen molar-refractivity contribution in [1.29, 1.82) is 0 Å². The molecule has 1 aromatic rings. The predicted molar refractivity (Wildman–Crippen MR) is 66.5 cm³/mol. The van der Waals surface area contributed by atoms with Crippen LogP contribution in [0.1, 0.15) is 29.6 Å². The van der Waals surface area contributed by atoms with E-state index < -0.39 is 5.97 Å². The fourth-order valence-corrected chi connectivity index (χ4v) is 1.79. The normalized spacial score (nSPS) is 10.0. The lowest BCUT2D eigenvalue weighted by Crippen LogP contribution is -2.04. The molecule has 0 aliphatic rings. The van der Waals surface area contributed by atoms with Crippen molar-refractivity contribution >= 4 is 27.7 Å². The first kappa shape index (κ1) is 13.7. The van der Waals surface area contributed by atoms with Gasteiger partial charge in [0.2, 0.25) is 0 Å². The van der Waals surface area contributed by atoms with Crippen LogP contribution in [-0.4, -0.2) is 24.0 Å². The molecule has 5 heteroatoms. The molecule has 1 aromatic carbocycles. The topological polar surface area (TPSA) is 63.6 Å². The maximum atomic E-state index is 11.9. The lowest BCUT2D eigenvalue weighted by Gasteiger charge is -2.07. The zero-order chi connectivity index (χ0) is 12.8. The number of Topliss-reactive ketones (excluding diaryl/α,β-unsaturated/α-hetero) is 1. The van der Waals surface area contributed by atoms with Gasteiger partial charge in [0.15, 0.2) is 5.78 Å². The highest BCUT2D eigenvalue weighted by Gasteiger charge is 2.13. The van der Waals surface area contributed by atoms with E-state index in [0.29, 0.717) is 17.7 Å². The van der Waals surface area contributed by atoms with Crippen LogP contribution in [0.5, 0.6) is 5.75 Å². The van der Waals surface area contributed by atoms with E-state index in [1.807, 2.05) is 0 Å². The summed E-state index contributed by atoms with van der Waals surface area (Å²) in [5.74, 6) is -0.489. The molecule has 0 spiro atoms. The smallest absolute Gasteiger partial charge is 0.303 e. The summed E-state index contributed by atoms with van der Waals surface area (Å²) in [7, 11) is 1.50. The van der Waals surface area contributed by atoms with Crippen LogP contribution >= 0.6 is 15.9 Å². The number of benzene rings is 1. The second-order valence-corrected chi connectivity index (χ2v) is 4.43. The number of rotatable bonds is 6. The number of aliphatic carboxylic acids is 1. The molecular weight excluding hydrogens is 288 g/mol. The van der Waals surface area contributed by atoms with Crippen molar-refractivity contribution in [1.82, 2.24) is 0 Å². The van der Waals surface area contributed by atoms with Gasteiger partial charge in [-0.2, -0.15) is 0 Å². The molecule has 0 atom stereocenters. The van der Waals surface area contributed by atoms with Gasteiger partial charge >= 0.3 is 5.97 Å². The van der Waals surface area contributed by atoms with E-state index in [2.05, 4.69) is 15.9 Å². The second-order valence-electron chi connectivity index (χ2n) is 3.52. The highest BCUT2D eigenvalue weighted by molar-refractivity contribution is 9.10. The molecule has 17 heavy (non-hydrogen) atoms. The number of carboxylic acid groups (broad SMARTS) is 1. The maximum absolute atomic E-state index is 11.9. The number of hydrogen-bond donors (Lipinski definition) is 1. The number of halogens is 1. The molecule has 0 saturated carbocycles. The summed E-state index contributed by atoms with van der Waals surface area (Å²) in [6, 6.07) is 5.17. The van der Waals surface area contributed by atoms with Gasteiger partial charge in [0.1, 0.15) is 5.75 Å². The third-order valence-corrected chi connectivity index (χ3v) is 2.75. The number of methoxy groups -OCH3 is 1. The summed E-state index contributed by atoms with van der Waals surface area (Å²) in [6.45, 7) is 0. The van der Waals surface area contributed by atoms with E-state index in [4.69, 9.17) is 9.84 Å². The number of carboxylic acids is 1. The predicted octanol–water partition coefficient (Wildman–Crippen LogP) is 2.90. The summed E-state index contributed by atoms with van der Waals surface area (Å²) >= 11 is 3.28. The molecule has 0 amide bonds. The number of carbonyl (C=O) groups is 2. The van der Waals surface area contributed by atoms with Crippen molar-refractivity contribution in [3.63, 3.8) is 0 Å². The number of ether oxygens (including phenoxy) is 1. The largest absolute Gasteiger partial charge is 0.496 e. The average Bonchev–Trinajstić information content (AvgIpc) is 2.28. The van der Waals surface area contributed by atoms with Gasteiger partial charge < -0.3 is 9.84 Å². The molecule has 0 aromatic heterocycles. The van der Waals surface area contributed by atoms with Crippen molar-refractivity contribution in [2.75, 3.05) is 7.11 Å². The van der Waals surface area contributed by atoms with Crippen LogP contribution in [0.4, 0.5) is 0 Å². The Labute approximate surface area is 108 Å². The lowest BCUT2D eigenvalue weighted by atomic mass is 10.0. The first-order valence-electron chi connectivity index (χ1n) is 5.13. The van der Waals surface area contributed by atoms with E-state index in [0.717, 1.165) is 4.47 Å². The number of ketones is 1. The highest BCUT2D eigenvalue weighted by Crippen LogP contribution is 2.24. The molecule has 0 heterocycles. The van der Waals surface area contributed by atoms with Crippen LogP contribution in [0, 0.1) is 0 Å². The first-order valence-corrected chi connectivity index (χ1v) is 5.92. The molecule has 0 unspecified atom stereocenters. The molecule has 0 aliphatic carbocycles. The minimum Gasteiger partial charge on any atom is -0.496 e. The van der Waals surface area contributed by atoms with Gasteiger partial charge in [-0.25, -0.2) is 0 Å². The van der Waals surface area contributed by atoms with E-state index in [9.17, 15) is 9.59 Å². The Bertz CT molecular complexity index is 429. The summed E-state index contributed by atoms with van der Waals surface area (Å²) in [6.07, 6.45) is 0.547. The zero-order valence-electron chi connectivity index (χ0n) is 9.40. The molecule has 0 fully saturated rings. The van der Waals surface area contributed by atoms with Crippen LogP contribution < -0.4 is 4.74 Å². The molecule has 0 radical (unpaired) electrons. The van der Waals surface area contributed by atoms with Crippen LogP contribution in [-0.2, 0) is 4.79 Å². The van der Waals surface area contributed by atoms with Crippen molar-refractivity contribution in [3.8, 4) is 5.75 Å². The zero-order valence-corrected chi connectivity index (χ0v) is 11.0. The van der Waals surface area contributed by atoms with Crippen LogP contribution in [0.25, 0.3) is 0 Å². The van der Waals surface area contributed by atoms with Crippen molar-refractivity contribution < 1.29 is 19.4 Å². The fourth-order valence-electron chi connectivity index (χ4n) is 1.43. The quantitative estimate of drug-likeness (QED) is 0.821. The maximum Gasteiger partial charge on any atom is 0.303 e. The second kappa shape index (κ2) is 6.39. The summed E-state index contributed by atoms with van der Waals surface area (Å²) < 4.78 is 5.88. The monoisotopic (exact) mass is 300 g/mol. The van der Waals surface area contributed by atoms with Gasteiger partial charge in [-0.15, -0.1) is 0 Å². The SMILES string of the molecule is COc1ccc(Br)cc1C(=O)CCCC(=O)O. The van der Waals surface area contributed by atoms with E-state index >= 15 is 0 Å². The molecule has 1 N–H and O–H groups in total. The molecular formula is C12H13BrO4. The number of carbonyl (C=O) groups excluding carboxylic acids is 1. The Morgan fingerprint density at radius 3 is 2.65 bits per heavy atom. The minimum atomic E-state index is -0.890. The van der Waals surface area contributed by atoms with Crippen molar-refractivity contribution in [2.45, 2.75) is 19.3 Å². The fraction of sp³-hybridized carbons (Fsp3) is 0.333. The van der Waals surface area contributed by atoms with Crippen LogP contribution in [0.2, 0.25) is 0 Å². The summed E-state index contributed by atoms with van der Waals surface area (Å²) in [5.41, 5.74) is 0.479. The molecule has 4 nitrogen and oxygen atoms in total. The van der Waals surface area contributed by atoms with E-state index in [1.54, 1.807) is 18.2 Å². The molecule has 0 aliphatic heterocycles.